The van der Waals surface area contributed by atoms with Gasteiger partial charge in [0.1, 0.15) is 5.82 Å². The van der Waals surface area contributed by atoms with E-state index in [1.54, 1.807) is 4.52 Å². The van der Waals surface area contributed by atoms with E-state index in [0.29, 0.717) is 41.7 Å². The number of fused-ring (bicyclic) bond motifs is 1. The Morgan fingerprint density at radius 1 is 1.19 bits per heavy atom. The Morgan fingerprint density at radius 2 is 1.96 bits per heavy atom. The molecule has 1 aromatic carbocycles. The maximum Gasteiger partial charge on any atom is 0.220 e. The van der Waals surface area contributed by atoms with Crippen molar-refractivity contribution in [2.45, 2.75) is 45.7 Å². The minimum atomic E-state index is 0.0121. The Bertz CT molecular complexity index is 908. The molecule has 0 bridgehead atoms. The molecule has 0 unspecified atom stereocenters. The molecule has 27 heavy (non-hydrogen) atoms. The number of aromatic nitrogens is 4. The summed E-state index contributed by atoms with van der Waals surface area (Å²) in [6.07, 6.45) is 1.75. The maximum atomic E-state index is 12.0. The van der Waals surface area contributed by atoms with E-state index in [1.165, 1.54) is 0 Å². The van der Waals surface area contributed by atoms with Gasteiger partial charge in [0.05, 0.1) is 0 Å². The molecule has 1 atom stereocenters. The van der Waals surface area contributed by atoms with E-state index >= 15 is 0 Å². The standard InChI is InChI=1S/C19H23ClN6O/c1-3-13(2)22-19(27)11-10-18-24-23-17-9-8-16(25-26(17)18)21-12-14-4-6-15(20)7-5-14/h4-9,13H,3,10-12H2,1-2H3,(H,21,25)(H,22,27)/t13-/m0/s1. The van der Waals surface area contributed by atoms with Crippen LogP contribution in [0.4, 0.5) is 5.82 Å². The van der Waals surface area contributed by atoms with E-state index in [-0.39, 0.29) is 11.9 Å². The fraction of sp³-hybridized carbons (Fsp3) is 0.368. The monoisotopic (exact) mass is 386 g/mol. The van der Waals surface area contributed by atoms with Gasteiger partial charge in [-0.25, -0.2) is 0 Å². The third-order valence-electron chi connectivity index (χ3n) is 4.31. The van der Waals surface area contributed by atoms with Crippen LogP contribution in [-0.2, 0) is 17.8 Å². The van der Waals surface area contributed by atoms with Crippen molar-refractivity contribution >= 4 is 29.0 Å². The fourth-order valence-electron chi connectivity index (χ4n) is 2.55. The second-order valence-electron chi connectivity index (χ2n) is 6.46. The highest BCUT2D eigenvalue weighted by Gasteiger charge is 2.11. The zero-order chi connectivity index (χ0) is 19.2. The number of carbonyl (C=O) groups is 1. The van der Waals surface area contributed by atoms with Crippen molar-refractivity contribution in [2.24, 2.45) is 0 Å². The molecule has 1 amide bonds. The number of nitrogens with one attached hydrogen (secondary N) is 2. The molecule has 142 valence electrons. The summed E-state index contributed by atoms with van der Waals surface area (Å²) in [7, 11) is 0. The summed E-state index contributed by atoms with van der Waals surface area (Å²) >= 11 is 5.91. The fourth-order valence-corrected chi connectivity index (χ4v) is 2.68. The van der Waals surface area contributed by atoms with Gasteiger partial charge in [-0.1, -0.05) is 30.7 Å². The molecule has 0 radical (unpaired) electrons. The number of amides is 1. The molecule has 0 fully saturated rings. The Labute approximate surface area is 163 Å². The van der Waals surface area contributed by atoms with E-state index < -0.39 is 0 Å². The van der Waals surface area contributed by atoms with Crippen molar-refractivity contribution in [3.05, 3.63) is 52.8 Å². The number of hydrogen-bond acceptors (Lipinski definition) is 5. The second kappa shape index (κ2) is 8.81. The first-order chi connectivity index (χ1) is 13.0. The van der Waals surface area contributed by atoms with Crippen LogP contribution in [0.2, 0.25) is 5.02 Å². The lowest BCUT2D eigenvalue weighted by molar-refractivity contribution is -0.121. The van der Waals surface area contributed by atoms with Gasteiger partial charge >= 0.3 is 0 Å². The molecule has 7 nitrogen and oxygen atoms in total. The summed E-state index contributed by atoms with van der Waals surface area (Å²) in [6, 6.07) is 11.5. The molecule has 2 heterocycles. The van der Waals surface area contributed by atoms with Gasteiger partial charge in [-0.2, -0.15) is 4.52 Å². The zero-order valence-corrected chi connectivity index (χ0v) is 16.2. The number of carbonyl (C=O) groups excluding carboxylic acids is 1. The number of benzene rings is 1. The van der Waals surface area contributed by atoms with Gasteiger partial charge in [0.2, 0.25) is 5.91 Å². The third kappa shape index (κ3) is 5.17. The molecule has 3 rings (SSSR count). The molecular weight excluding hydrogens is 364 g/mol. The number of nitrogens with zero attached hydrogens (tertiary/aromatic N) is 4. The predicted octanol–water partition coefficient (Wildman–Crippen LogP) is 3.24. The van der Waals surface area contributed by atoms with E-state index in [2.05, 4.69) is 25.9 Å². The number of anilines is 1. The van der Waals surface area contributed by atoms with Crippen molar-refractivity contribution in [3.63, 3.8) is 0 Å². The van der Waals surface area contributed by atoms with Crippen LogP contribution < -0.4 is 10.6 Å². The third-order valence-corrected chi connectivity index (χ3v) is 4.56. The lowest BCUT2D eigenvalue weighted by Crippen LogP contribution is -2.32. The first-order valence-corrected chi connectivity index (χ1v) is 9.42. The minimum Gasteiger partial charge on any atom is -0.365 e. The largest absolute Gasteiger partial charge is 0.365 e. The highest BCUT2D eigenvalue weighted by molar-refractivity contribution is 6.30. The molecule has 0 aliphatic rings. The molecule has 0 saturated heterocycles. The second-order valence-corrected chi connectivity index (χ2v) is 6.90. The van der Waals surface area contributed by atoms with Gasteiger partial charge < -0.3 is 10.6 Å². The summed E-state index contributed by atoms with van der Waals surface area (Å²) in [5.41, 5.74) is 1.76. The lowest BCUT2D eigenvalue weighted by atomic mass is 10.2. The van der Waals surface area contributed by atoms with Gasteiger partial charge in [0.25, 0.3) is 0 Å². The van der Waals surface area contributed by atoms with Crippen LogP contribution in [0.25, 0.3) is 5.65 Å². The smallest absolute Gasteiger partial charge is 0.220 e. The van der Waals surface area contributed by atoms with E-state index in [1.807, 2.05) is 50.2 Å². The molecule has 0 aliphatic heterocycles. The van der Waals surface area contributed by atoms with Crippen molar-refractivity contribution < 1.29 is 4.79 Å². The van der Waals surface area contributed by atoms with Crippen LogP contribution in [0.1, 0.15) is 38.1 Å². The molecular formula is C19H23ClN6O. The predicted molar refractivity (Wildman–Crippen MR) is 106 cm³/mol. The average molecular weight is 387 g/mol. The molecule has 8 heteroatoms. The Kier molecular flexibility index (Phi) is 6.24. The van der Waals surface area contributed by atoms with Crippen LogP contribution in [0, 0.1) is 0 Å². The van der Waals surface area contributed by atoms with Crippen molar-refractivity contribution in [1.29, 1.82) is 0 Å². The first kappa shape index (κ1) is 19.1. The first-order valence-electron chi connectivity index (χ1n) is 9.04. The topological polar surface area (TPSA) is 84.2 Å². The summed E-state index contributed by atoms with van der Waals surface area (Å²) < 4.78 is 1.68. The summed E-state index contributed by atoms with van der Waals surface area (Å²) in [4.78, 5) is 12.0. The number of hydrogen-bond donors (Lipinski definition) is 2. The minimum absolute atomic E-state index is 0.0121. The van der Waals surface area contributed by atoms with Gasteiger partial charge in [-0.15, -0.1) is 15.3 Å². The van der Waals surface area contributed by atoms with Gasteiger partial charge in [0.15, 0.2) is 11.5 Å². The zero-order valence-electron chi connectivity index (χ0n) is 15.4. The normalized spacial score (nSPS) is 12.1. The molecule has 2 aromatic heterocycles. The summed E-state index contributed by atoms with van der Waals surface area (Å²) in [6.45, 7) is 4.66. The van der Waals surface area contributed by atoms with E-state index in [9.17, 15) is 4.79 Å². The highest BCUT2D eigenvalue weighted by atomic mass is 35.5. The van der Waals surface area contributed by atoms with Crippen LogP contribution in [0.3, 0.4) is 0 Å². The average Bonchev–Trinajstić information content (AvgIpc) is 3.08. The van der Waals surface area contributed by atoms with Crippen LogP contribution in [0.5, 0.6) is 0 Å². The van der Waals surface area contributed by atoms with E-state index in [4.69, 9.17) is 11.6 Å². The number of halogens is 1. The quantitative estimate of drug-likeness (QED) is 0.620. The van der Waals surface area contributed by atoms with Gasteiger partial charge in [-0.3, -0.25) is 4.79 Å². The molecule has 0 aliphatic carbocycles. The summed E-state index contributed by atoms with van der Waals surface area (Å²) in [5, 5.41) is 19.8. The maximum absolute atomic E-state index is 12.0. The molecule has 0 saturated carbocycles. The van der Waals surface area contributed by atoms with Crippen LogP contribution in [0.15, 0.2) is 36.4 Å². The SMILES string of the molecule is CC[C@H](C)NC(=O)CCc1nnc2ccc(NCc3ccc(Cl)cc3)nn12. The van der Waals surface area contributed by atoms with Crippen LogP contribution in [-0.4, -0.2) is 31.8 Å². The number of aryl methyl sites for hydroxylation is 1. The molecule has 2 N–H and O–H groups in total. The van der Waals surface area contributed by atoms with Crippen molar-refractivity contribution in [1.82, 2.24) is 25.1 Å². The highest BCUT2D eigenvalue weighted by Crippen LogP contribution is 2.12. The Hall–Kier alpha value is -2.67. The summed E-state index contributed by atoms with van der Waals surface area (Å²) in [5.74, 6) is 1.39. The van der Waals surface area contributed by atoms with Crippen LogP contribution >= 0.6 is 11.6 Å². The molecule has 0 spiro atoms. The van der Waals surface area contributed by atoms with Crippen molar-refractivity contribution in [3.8, 4) is 0 Å². The Morgan fingerprint density at radius 3 is 2.70 bits per heavy atom. The number of rotatable bonds is 8. The Balaban J connectivity index is 1.64. The van der Waals surface area contributed by atoms with Gasteiger partial charge in [-0.05, 0) is 43.2 Å². The van der Waals surface area contributed by atoms with Gasteiger partial charge in [0, 0.05) is 30.5 Å². The molecule has 3 aromatic rings. The van der Waals surface area contributed by atoms with Crippen molar-refractivity contribution in [2.75, 3.05) is 5.32 Å². The van der Waals surface area contributed by atoms with E-state index in [0.717, 1.165) is 12.0 Å². The lowest BCUT2D eigenvalue weighted by Gasteiger charge is -2.10.